The molecule has 0 fully saturated rings. The molecule has 0 saturated heterocycles. The van der Waals surface area contributed by atoms with Crippen molar-refractivity contribution in [3.8, 4) is 5.88 Å². The van der Waals surface area contributed by atoms with E-state index in [9.17, 15) is 0 Å². The number of nitrogens with zero attached hydrogens (tertiary/aromatic N) is 1. The van der Waals surface area contributed by atoms with Gasteiger partial charge in [0.05, 0.1) is 6.61 Å². The Balaban J connectivity index is 2.93. The van der Waals surface area contributed by atoms with Gasteiger partial charge < -0.3 is 4.74 Å². The van der Waals surface area contributed by atoms with Gasteiger partial charge in [0.15, 0.2) is 0 Å². The number of ether oxygens (including phenoxy) is 1. The molecule has 0 saturated carbocycles. The lowest BCUT2D eigenvalue weighted by molar-refractivity contribution is 0.326. The maximum atomic E-state index is 5.24. The lowest BCUT2D eigenvalue weighted by Crippen LogP contribution is -1.96. The monoisotopic (exact) mass is 163 g/mol. The van der Waals surface area contributed by atoms with Crippen molar-refractivity contribution in [3.63, 3.8) is 0 Å². The Morgan fingerprint density at radius 1 is 1.58 bits per heavy atom. The molecule has 1 aromatic rings. The number of rotatable bonds is 3. The van der Waals surface area contributed by atoms with Crippen molar-refractivity contribution in [1.82, 2.24) is 4.98 Å². The van der Waals surface area contributed by atoms with Gasteiger partial charge in [-0.25, -0.2) is 4.98 Å². The molecule has 0 N–H and O–H groups in total. The van der Waals surface area contributed by atoms with E-state index in [0.29, 0.717) is 12.5 Å². The number of pyridine rings is 1. The van der Waals surface area contributed by atoms with E-state index < -0.39 is 0 Å². The Morgan fingerprint density at radius 3 is 2.83 bits per heavy atom. The van der Waals surface area contributed by atoms with Crippen molar-refractivity contribution in [2.45, 2.75) is 13.8 Å². The zero-order valence-electron chi connectivity index (χ0n) is 7.50. The smallest absolute Gasteiger partial charge is 0.213 e. The molecular formula is C10H13NO. The Labute approximate surface area is 72.9 Å². The molecule has 1 heterocycles. The van der Waals surface area contributed by atoms with Gasteiger partial charge in [-0.05, 0) is 25.5 Å². The predicted octanol–water partition coefficient (Wildman–Crippen LogP) is 2.43. The van der Waals surface area contributed by atoms with E-state index >= 15 is 0 Å². The van der Waals surface area contributed by atoms with Crippen LogP contribution in [-0.4, -0.2) is 11.6 Å². The van der Waals surface area contributed by atoms with E-state index in [2.05, 4.69) is 11.6 Å². The summed E-state index contributed by atoms with van der Waals surface area (Å²) in [5.74, 6) is 0.681. The van der Waals surface area contributed by atoms with Crippen LogP contribution in [0, 0.1) is 6.92 Å². The average molecular weight is 163 g/mol. The van der Waals surface area contributed by atoms with Gasteiger partial charge in [0.2, 0.25) is 5.88 Å². The fourth-order valence-corrected chi connectivity index (χ4v) is 0.993. The van der Waals surface area contributed by atoms with E-state index in [1.807, 2.05) is 26.0 Å². The molecule has 12 heavy (non-hydrogen) atoms. The van der Waals surface area contributed by atoms with Crippen LogP contribution < -0.4 is 4.74 Å². The third-order valence-corrected chi connectivity index (χ3v) is 1.61. The number of hydrogen-bond donors (Lipinski definition) is 0. The number of hydrogen-bond acceptors (Lipinski definition) is 2. The van der Waals surface area contributed by atoms with Crippen LogP contribution in [0.25, 0.3) is 6.08 Å². The largest absolute Gasteiger partial charge is 0.478 e. The summed E-state index contributed by atoms with van der Waals surface area (Å²) in [4.78, 5) is 4.24. The summed E-state index contributed by atoms with van der Waals surface area (Å²) >= 11 is 0. The van der Waals surface area contributed by atoms with Crippen LogP contribution >= 0.6 is 0 Å². The van der Waals surface area contributed by atoms with Crippen LogP contribution in [0.2, 0.25) is 0 Å². The fraction of sp³-hybridized carbons (Fsp3) is 0.300. The van der Waals surface area contributed by atoms with Gasteiger partial charge in [-0.3, -0.25) is 0 Å². The van der Waals surface area contributed by atoms with Gasteiger partial charge in [-0.1, -0.05) is 12.7 Å². The molecule has 1 rings (SSSR count). The quantitative estimate of drug-likeness (QED) is 0.682. The minimum absolute atomic E-state index is 0.653. The van der Waals surface area contributed by atoms with Crippen LogP contribution in [0.4, 0.5) is 0 Å². The molecule has 0 aliphatic heterocycles. The summed E-state index contributed by atoms with van der Waals surface area (Å²) in [5, 5.41) is 0. The summed E-state index contributed by atoms with van der Waals surface area (Å²) in [6.45, 7) is 8.23. The molecule has 0 aliphatic rings. The second kappa shape index (κ2) is 3.90. The fourth-order valence-electron chi connectivity index (χ4n) is 0.993. The highest BCUT2D eigenvalue weighted by Crippen LogP contribution is 2.12. The average Bonchev–Trinajstić information content (AvgIpc) is 2.05. The van der Waals surface area contributed by atoms with E-state index in [-0.39, 0.29) is 0 Å². The minimum Gasteiger partial charge on any atom is -0.478 e. The first-order valence-electron chi connectivity index (χ1n) is 4.00. The molecule has 0 unspecified atom stereocenters. The lowest BCUT2D eigenvalue weighted by atomic mass is 10.2. The van der Waals surface area contributed by atoms with Gasteiger partial charge in [0.25, 0.3) is 0 Å². The topological polar surface area (TPSA) is 22.1 Å². The third-order valence-electron chi connectivity index (χ3n) is 1.61. The van der Waals surface area contributed by atoms with Gasteiger partial charge in [-0.2, -0.15) is 0 Å². The van der Waals surface area contributed by atoms with Gasteiger partial charge in [0, 0.05) is 11.8 Å². The third kappa shape index (κ3) is 1.84. The molecule has 0 bridgehead atoms. The van der Waals surface area contributed by atoms with Crippen molar-refractivity contribution < 1.29 is 4.74 Å². The number of aryl methyl sites for hydroxylation is 1. The summed E-state index contributed by atoms with van der Waals surface area (Å²) in [5.41, 5.74) is 2.01. The molecule has 64 valence electrons. The summed E-state index contributed by atoms with van der Waals surface area (Å²) in [6.07, 6.45) is 1.79. The first-order chi connectivity index (χ1) is 5.77. The van der Waals surface area contributed by atoms with E-state index in [0.717, 1.165) is 11.3 Å². The number of aromatic nitrogens is 1. The highest BCUT2D eigenvalue weighted by Gasteiger charge is 1.97. The Morgan fingerprint density at radius 2 is 2.33 bits per heavy atom. The molecule has 0 aromatic carbocycles. The first-order valence-corrected chi connectivity index (χ1v) is 4.00. The molecule has 0 radical (unpaired) electrons. The van der Waals surface area contributed by atoms with E-state index in [4.69, 9.17) is 4.74 Å². The summed E-state index contributed by atoms with van der Waals surface area (Å²) in [7, 11) is 0. The second-order valence-corrected chi connectivity index (χ2v) is 2.46. The second-order valence-electron chi connectivity index (χ2n) is 2.46. The van der Waals surface area contributed by atoms with Crippen LogP contribution in [0.15, 0.2) is 18.7 Å². The van der Waals surface area contributed by atoms with Gasteiger partial charge >= 0.3 is 0 Å². The molecule has 1 aromatic heterocycles. The zero-order chi connectivity index (χ0) is 8.97. The van der Waals surface area contributed by atoms with Gasteiger partial charge in [0.1, 0.15) is 0 Å². The normalized spacial score (nSPS) is 9.50. The molecule has 2 heteroatoms. The maximum absolute atomic E-state index is 5.24. The Bertz CT molecular complexity index is 281. The van der Waals surface area contributed by atoms with Crippen molar-refractivity contribution in [3.05, 3.63) is 30.0 Å². The van der Waals surface area contributed by atoms with Crippen LogP contribution in [0.1, 0.15) is 18.2 Å². The molecule has 0 spiro atoms. The van der Waals surface area contributed by atoms with E-state index in [1.165, 1.54) is 0 Å². The van der Waals surface area contributed by atoms with Crippen molar-refractivity contribution in [2.75, 3.05) is 6.61 Å². The standard InChI is InChI=1S/C10H13NO/c1-4-9-6-7-10(12-5-2)11-8(9)3/h4,6-7H,1,5H2,2-3H3. The predicted molar refractivity (Wildman–Crippen MR) is 50.2 cm³/mol. The highest BCUT2D eigenvalue weighted by atomic mass is 16.5. The molecular weight excluding hydrogens is 150 g/mol. The van der Waals surface area contributed by atoms with Gasteiger partial charge in [-0.15, -0.1) is 0 Å². The molecule has 0 atom stereocenters. The Kier molecular flexibility index (Phi) is 2.86. The zero-order valence-corrected chi connectivity index (χ0v) is 7.50. The lowest BCUT2D eigenvalue weighted by Gasteiger charge is -2.04. The highest BCUT2D eigenvalue weighted by molar-refractivity contribution is 5.49. The summed E-state index contributed by atoms with van der Waals surface area (Å²) in [6, 6.07) is 3.81. The molecule has 0 amide bonds. The van der Waals surface area contributed by atoms with Crippen molar-refractivity contribution in [2.24, 2.45) is 0 Å². The van der Waals surface area contributed by atoms with Crippen LogP contribution in [-0.2, 0) is 0 Å². The molecule has 0 aliphatic carbocycles. The SMILES string of the molecule is C=Cc1ccc(OCC)nc1C. The first kappa shape index (κ1) is 8.78. The molecule has 2 nitrogen and oxygen atoms in total. The van der Waals surface area contributed by atoms with Crippen molar-refractivity contribution >= 4 is 6.08 Å². The van der Waals surface area contributed by atoms with Crippen LogP contribution in [0.3, 0.4) is 0 Å². The van der Waals surface area contributed by atoms with Crippen LogP contribution in [0.5, 0.6) is 5.88 Å². The van der Waals surface area contributed by atoms with Crippen molar-refractivity contribution in [1.29, 1.82) is 0 Å². The minimum atomic E-state index is 0.653. The maximum Gasteiger partial charge on any atom is 0.213 e. The van der Waals surface area contributed by atoms with E-state index in [1.54, 1.807) is 6.08 Å². The summed E-state index contributed by atoms with van der Waals surface area (Å²) < 4.78 is 5.24. The Hall–Kier alpha value is -1.31.